The second-order valence-electron chi connectivity index (χ2n) is 8.61. The van der Waals surface area contributed by atoms with Gasteiger partial charge in [-0.15, -0.1) is 11.3 Å². The molecule has 7 heteroatoms. The Hall–Kier alpha value is -3.03. The number of nitrogens with zero attached hydrogens (tertiary/aromatic N) is 1. The van der Waals surface area contributed by atoms with Crippen LogP contribution in [0.5, 0.6) is 0 Å². The molecule has 32 heavy (non-hydrogen) atoms. The highest BCUT2D eigenvalue weighted by molar-refractivity contribution is 7.14. The summed E-state index contributed by atoms with van der Waals surface area (Å²) < 4.78 is 4.95. The van der Waals surface area contributed by atoms with E-state index in [9.17, 15) is 9.59 Å². The lowest BCUT2D eigenvalue weighted by atomic mass is 9.52. The molecule has 0 spiro atoms. The molecule has 2 aromatic carbocycles. The van der Waals surface area contributed by atoms with Crippen LogP contribution < -0.4 is 10.6 Å². The molecule has 164 valence electrons. The fourth-order valence-corrected chi connectivity index (χ4v) is 5.91. The fourth-order valence-electron chi connectivity index (χ4n) is 5.22. The molecule has 1 unspecified atom stereocenters. The summed E-state index contributed by atoms with van der Waals surface area (Å²) in [7, 11) is 1.58. The number of benzene rings is 2. The molecule has 0 fully saturated rings. The van der Waals surface area contributed by atoms with Gasteiger partial charge in [-0.1, -0.05) is 48.5 Å². The van der Waals surface area contributed by atoms with Crippen molar-refractivity contribution in [2.75, 3.05) is 25.6 Å². The van der Waals surface area contributed by atoms with Gasteiger partial charge in [0.2, 0.25) is 5.91 Å². The van der Waals surface area contributed by atoms with E-state index >= 15 is 0 Å². The Balaban J connectivity index is 1.41. The van der Waals surface area contributed by atoms with Gasteiger partial charge in [0.25, 0.3) is 5.91 Å². The van der Waals surface area contributed by atoms with Crippen molar-refractivity contribution in [2.45, 2.75) is 25.2 Å². The lowest BCUT2D eigenvalue weighted by Gasteiger charge is -2.50. The van der Waals surface area contributed by atoms with Crippen molar-refractivity contribution in [1.82, 2.24) is 10.3 Å². The number of fused-ring (bicyclic) bond motifs is 1. The summed E-state index contributed by atoms with van der Waals surface area (Å²) in [5, 5.41) is 7.86. The summed E-state index contributed by atoms with van der Waals surface area (Å²) in [4.78, 5) is 30.2. The van der Waals surface area contributed by atoms with Crippen molar-refractivity contribution in [2.24, 2.45) is 5.41 Å². The van der Waals surface area contributed by atoms with Crippen LogP contribution in [0, 0.1) is 5.41 Å². The van der Waals surface area contributed by atoms with Crippen molar-refractivity contribution in [3.63, 3.8) is 0 Å². The monoisotopic (exact) mass is 447 g/mol. The van der Waals surface area contributed by atoms with Gasteiger partial charge in [-0.05, 0) is 35.6 Å². The SMILES string of the molecule is COCCNC(=O)c1csc(NC(=O)C2(C)CC3c4ccccc4C2c2ccccc23)n1. The van der Waals surface area contributed by atoms with E-state index in [1.165, 1.54) is 33.6 Å². The largest absolute Gasteiger partial charge is 0.383 e. The van der Waals surface area contributed by atoms with Gasteiger partial charge in [0, 0.05) is 30.9 Å². The van der Waals surface area contributed by atoms with Crippen LogP contribution >= 0.6 is 11.3 Å². The average Bonchev–Trinajstić information content (AvgIpc) is 3.28. The predicted molar refractivity (Wildman–Crippen MR) is 124 cm³/mol. The van der Waals surface area contributed by atoms with E-state index in [0.717, 1.165) is 6.42 Å². The minimum absolute atomic E-state index is 0.0170. The third-order valence-corrected chi connectivity index (χ3v) is 7.46. The highest BCUT2D eigenvalue weighted by Crippen LogP contribution is 2.61. The number of carbonyl (C=O) groups excluding carboxylic acids is 2. The molecule has 0 saturated carbocycles. The summed E-state index contributed by atoms with van der Waals surface area (Å²) in [6.07, 6.45) is 0.743. The smallest absolute Gasteiger partial charge is 0.270 e. The number of carbonyl (C=O) groups is 2. The maximum Gasteiger partial charge on any atom is 0.270 e. The van der Waals surface area contributed by atoms with Crippen LogP contribution in [0.4, 0.5) is 5.13 Å². The molecule has 2 amide bonds. The summed E-state index contributed by atoms with van der Waals surface area (Å²) in [6, 6.07) is 16.9. The number of aromatic nitrogens is 1. The van der Waals surface area contributed by atoms with Gasteiger partial charge in [0.15, 0.2) is 5.13 Å². The molecule has 2 N–H and O–H groups in total. The lowest BCUT2D eigenvalue weighted by Crippen LogP contribution is -2.47. The standard InChI is InChI=1S/C25H25N3O3S/c1-25(23(30)28-24-27-20(14-32-24)22(29)26-11-12-31-2)13-19-15-7-3-5-9-17(15)21(25)18-10-6-4-8-16(18)19/h3-10,14,19,21H,11-13H2,1-2H3,(H,26,29)(H,27,28,30). The maximum absolute atomic E-state index is 13.6. The first-order valence-corrected chi connectivity index (χ1v) is 11.6. The third-order valence-electron chi connectivity index (χ3n) is 6.70. The third kappa shape index (κ3) is 3.32. The van der Waals surface area contributed by atoms with Crippen molar-refractivity contribution >= 4 is 28.3 Å². The molecule has 1 heterocycles. The molecule has 2 bridgehead atoms. The Morgan fingerprint density at radius 3 is 2.34 bits per heavy atom. The predicted octanol–water partition coefficient (Wildman–Crippen LogP) is 4.15. The van der Waals surface area contributed by atoms with E-state index in [0.29, 0.717) is 24.0 Å². The molecule has 0 aliphatic heterocycles. The molecule has 3 aromatic rings. The summed E-state index contributed by atoms with van der Waals surface area (Å²) in [6.45, 7) is 2.90. The van der Waals surface area contributed by atoms with Crippen molar-refractivity contribution in [3.8, 4) is 0 Å². The first-order chi connectivity index (χ1) is 15.5. The number of hydrogen-bond acceptors (Lipinski definition) is 5. The zero-order chi connectivity index (χ0) is 22.3. The Morgan fingerprint density at radius 1 is 1.09 bits per heavy atom. The molecular weight excluding hydrogens is 422 g/mol. The minimum Gasteiger partial charge on any atom is -0.383 e. The number of amides is 2. The van der Waals surface area contributed by atoms with E-state index < -0.39 is 5.41 Å². The number of nitrogens with one attached hydrogen (secondary N) is 2. The average molecular weight is 448 g/mol. The van der Waals surface area contributed by atoms with Crippen molar-refractivity contribution in [3.05, 3.63) is 81.9 Å². The zero-order valence-electron chi connectivity index (χ0n) is 18.1. The molecule has 1 atom stereocenters. The van der Waals surface area contributed by atoms with Crippen LogP contribution in [-0.4, -0.2) is 37.1 Å². The summed E-state index contributed by atoms with van der Waals surface area (Å²) in [5.41, 5.74) is 4.80. The first kappa shape index (κ1) is 20.8. The second kappa shape index (κ2) is 8.15. The fraction of sp³-hybridized carbons (Fsp3) is 0.320. The van der Waals surface area contributed by atoms with Gasteiger partial charge in [0.1, 0.15) is 5.69 Å². The van der Waals surface area contributed by atoms with Gasteiger partial charge in [-0.25, -0.2) is 4.98 Å². The Labute approximate surface area is 191 Å². The number of rotatable bonds is 6. The lowest BCUT2D eigenvalue weighted by molar-refractivity contribution is -0.126. The zero-order valence-corrected chi connectivity index (χ0v) is 18.9. The second-order valence-corrected chi connectivity index (χ2v) is 9.46. The quantitative estimate of drug-likeness (QED) is 0.557. The van der Waals surface area contributed by atoms with E-state index in [1.54, 1.807) is 12.5 Å². The van der Waals surface area contributed by atoms with Gasteiger partial charge >= 0.3 is 0 Å². The Morgan fingerprint density at radius 2 is 1.72 bits per heavy atom. The Kier molecular flexibility index (Phi) is 5.31. The highest BCUT2D eigenvalue weighted by Gasteiger charge is 2.53. The maximum atomic E-state index is 13.6. The minimum atomic E-state index is -0.611. The van der Waals surface area contributed by atoms with Crippen LogP contribution in [0.15, 0.2) is 53.9 Å². The molecular formula is C25H25N3O3S. The van der Waals surface area contributed by atoms with Crippen molar-refractivity contribution in [1.29, 1.82) is 0 Å². The van der Waals surface area contributed by atoms with Crippen LogP contribution in [0.1, 0.15) is 57.9 Å². The van der Waals surface area contributed by atoms with E-state index in [1.807, 2.05) is 0 Å². The molecule has 3 aliphatic carbocycles. The van der Waals surface area contributed by atoms with Crippen LogP contribution in [0.3, 0.4) is 0 Å². The molecule has 0 saturated heterocycles. The molecule has 6 nitrogen and oxygen atoms in total. The van der Waals surface area contributed by atoms with Gasteiger partial charge in [0.05, 0.1) is 12.0 Å². The first-order valence-electron chi connectivity index (χ1n) is 10.7. The van der Waals surface area contributed by atoms with E-state index in [-0.39, 0.29) is 23.7 Å². The van der Waals surface area contributed by atoms with E-state index in [4.69, 9.17) is 4.74 Å². The van der Waals surface area contributed by atoms with Crippen LogP contribution in [0.2, 0.25) is 0 Å². The summed E-state index contributed by atoms with van der Waals surface area (Å²) >= 11 is 1.26. The molecule has 0 radical (unpaired) electrons. The van der Waals surface area contributed by atoms with Gasteiger partial charge in [-0.2, -0.15) is 0 Å². The Bertz CT molecular complexity index is 1140. The van der Waals surface area contributed by atoms with E-state index in [2.05, 4.69) is 71.1 Å². The van der Waals surface area contributed by atoms with Crippen molar-refractivity contribution < 1.29 is 14.3 Å². The number of ether oxygens (including phenoxy) is 1. The van der Waals surface area contributed by atoms with Crippen LogP contribution in [-0.2, 0) is 9.53 Å². The number of hydrogen-bond donors (Lipinski definition) is 2. The molecule has 3 aliphatic rings. The van der Waals surface area contributed by atoms with Gasteiger partial charge < -0.3 is 15.4 Å². The molecule has 6 rings (SSSR count). The summed E-state index contributed by atoms with van der Waals surface area (Å²) in [5.74, 6) is -0.153. The number of thiazole rings is 1. The topological polar surface area (TPSA) is 80.3 Å². The number of anilines is 1. The van der Waals surface area contributed by atoms with Crippen LogP contribution in [0.25, 0.3) is 0 Å². The molecule has 1 aromatic heterocycles. The van der Waals surface area contributed by atoms with Gasteiger partial charge in [-0.3, -0.25) is 9.59 Å². The number of methoxy groups -OCH3 is 1. The normalized spacial score (nSPS) is 22.7. The highest BCUT2D eigenvalue weighted by atomic mass is 32.1.